The molecule has 0 aliphatic carbocycles. The molecule has 0 saturated heterocycles. The highest BCUT2D eigenvalue weighted by atomic mass is 19.4. The Morgan fingerprint density at radius 1 is 1.30 bits per heavy atom. The number of hydrogen-bond donors (Lipinski definition) is 2. The van der Waals surface area contributed by atoms with E-state index in [9.17, 15) is 27.6 Å². The van der Waals surface area contributed by atoms with Crippen LogP contribution in [0.3, 0.4) is 0 Å². The molecule has 6 nitrogen and oxygen atoms in total. The van der Waals surface area contributed by atoms with E-state index >= 15 is 0 Å². The highest BCUT2D eigenvalue weighted by Gasteiger charge is 2.39. The summed E-state index contributed by atoms with van der Waals surface area (Å²) in [6, 6.07) is -2.15. The molecule has 1 aromatic heterocycles. The number of nitrogens with two attached hydrogens (primary N) is 1. The lowest BCUT2D eigenvalue weighted by molar-refractivity contribution is -0.156. The molecule has 2 heterocycles. The second-order valence-corrected chi connectivity index (χ2v) is 5.48. The highest BCUT2D eigenvalue weighted by molar-refractivity contribution is 6.43. The zero-order valence-electron chi connectivity index (χ0n) is 12.6. The van der Waals surface area contributed by atoms with Crippen molar-refractivity contribution in [1.29, 1.82) is 0 Å². The molecule has 1 aliphatic rings. The van der Waals surface area contributed by atoms with Crippen molar-refractivity contribution in [3.05, 3.63) is 22.5 Å². The summed E-state index contributed by atoms with van der Waals surface area (Å²) in [6.07, 6.45) is -3.46. The molecule has 0 radical (unpaired) electrons. The van der Waals surface area contributed by atoms with Crippen molar-refractivity contribution < 1.29 is 27.6 Å². The average Bonchev–Trinajstić information content (AvgIpc) is 2.95. The van der Waals surface area contributed by atoms with Gasteiger partial charge in [-0.3, -0.25) is 14.4 Å². The van der Waals surface area contributed by atoms with E-state index in [2.05, 4.69) is 0 Å². The predicted octanol–water partition coefficient (Wildman–Crippen LogP) is 1.09. The predicted molar refractivity (Wildman–Crippen MR) is 74.0 cm³/mol. The number of carbonyl (C=O) groups is 3. The first-order valence-electron chi connectivity index (χ1n) is 6.99. The molecule has 0 fully saturated rings. The molecule has 1 atom stereocenters. The standard InChI is InChI=1S/C14H16F3N3O3/c1-6-9(12(18)22)8-4-3-5-20(8)10(6)11(21)13(23)19-7(2)14(15,16)17/h7H,3-5H2,1-2H3,(H2,18,22)(H,19,23)/t7-/m0/s1. The minimum absolute atomic E-state index is 0.0711. The number of Topliss-reactive ketones (excluding diaryl/α,β-unsaturated/α-hetero) is 1. The summed E-state index contributed by atoms with van der Waals surface area (Å²) in [5.41, 5.74) is 6.18. The van der Waals surface area contributed by atoms with Crippen LogP contribution in [0.1, 0.15) is 45.4 Å². The largest absolute Gasteiger partial charge is 0.408 e. The summed E-state index contributed by atoms with van der Waals surface area (Å²) in [4.78, 5) is 35.7. The van der Waals surface area contributed by atoms with Gasteiger partial charge in [0.2, 0.25) is 0 Å². The van der Waals surface area contributed by atoms with Crippen LogP contribution in [0, 0.1) is 6.92 Å². The molecule has 0 spiro atoms. The number of halogens is 3. The molecular formula is C14H16F3N3O3. The van der Waals surface area contributed by atoms with Gasteiger partial charge in [-0.1, -0.05) is 0 Å². The van der Waals surface area contributed by atoms with Crippen LogP contribution < -0.4 is 11.1 Å². The zero-order valence-corrected chi connectivity index (χ0v) is 12.6. The molecule has 9 heteroatoms. The number of nitrogens with zero attached hydrogens (tertiary/aromatic N) is 1. The Labute approximate surface area is 129 Å². The van der Waals surface area contributed by atoms with Crippen LogP contribution in [-0.2, 0) is 17.8 Å². The van der Waals surface area contributed by atoms with Crippen LogP contribution >= 0.6 is 0 Å². The van der Waals surface area contributed by atoms with Crippen molar-refractivity contribution in [3.63, 3.8) is 0 Å². The molecule has 23 heavy (non-hydrogen) atoms. The van der Waals surface area contributed by atoms with Crippen LogP contribution in [0.25, 0.3) is 0 Å². The number of primary amides is 1. The quantitative estimate of drug-likeness (QED) is 0.639. The maximum absolute atomic E-state index is 12.5. The Hall–Kier alpha value is -2.32. The van der Waals surface area contributed by atoms with E-state index in [1.807, 2.05) is 0 Å². The number of amides is 2. The van der Waals surface area contributed by atoms with E-state index < -0.39 is 29.8 Å². The Kier molecular flexibility index (Phi) is 4.23. The third kappa shape index (κ3) is 2.95. The van der Waals surface area contributed by atoms with Gasteiger partial charge in [0.25, 0.3) is 17.6 Å². The minimum Gasteiger partial charge on any atom is -0.366 e. The fraction of sp³-hybridized carbons (Fsp3) is 0.500. The smallest absolute Gasteiger partial charge is 0.366 e. The summed E-state index contributed by atoms with van der Waals surface area (Å²) in [7, 11) is 0. The Bertz CT molecular complexity index is 692. The van der Waals surface area contributed by atoms with Crippen LogP contribution in [0.4, 0.5) is 13.2 Å². The third-order valence-corrected chi connectivity index (χ3v) is 3.92. The van der Waals surface area contributed by atoms with Gasteiger partial charge in [0.1, 0.15) is 6.04 Å². The van der Waals surface area contributed by atoms with E-state index in [0.717, 1.165) is 6.92 Å². The maximum Gasteiger partial charge on any atom is 0.408 e. The third-order valence-electron chi connectivity index (χ3n) is 3.92. The molecule has 2 amide bonds. The van der Waals surface area contributed by atoms with E-state index in [-0.39, 0.29) is 16.8 Å². The van der Waals surface area contributed by atoms with Crippen molar-refractivity contribution >= 4 is 17.6 Å². The zero-order chi connectivity index (χ0) is 17.5. The fourth-order valence-electron chi connectivity index (χ4n) is 2.79. The van der Waals surface area contributed by atoms with Crippen molar-refractivity contribution in [1.82, 2.24) is 9.88 Å². The molecule has 1 aromatic rings. The maximum atomic E-state index is 12.5. The normalized spacial score (nSPS) is 15.2. The van der Waals surface area contributed by atoms with Crippen LogP contribution in [0.5, 0.6) is 0 Å². The summed E-state index contributed by atoms with van der Waals surface area (Å²) in [5.74, 6) is -3.19. The van der Waals surface area contributed by atoms with Crippen LogP contribution in [-0.4, -0.2) is 34.4 Å². The molecule has 0 bridgehead atoms. The van der Waals surface area contributed by atoms with E-state index in [4.69, 9.17) is 5.73 Å². The van der Waals surface area contributed by atoms with Gasteiger partial charge in [0, 0.05) is 12.2 Å². The van der Waals surface area contributed by atoms with Gasteiger partial charge in [-0.05, 0) is 32.3 Å². The molecule has 0 saturated carbocycles. The lowest BCUT2D eigenvalue weighted by Crippen LogP contribution is -2.46. The molecule has 2 rings (SSSR count). The van der Waals surface area contributed by atoms with Crippen molar-refractivity contribution in [3.8, 4) is 0 Å². The van der Waals surface area contributed by atoms with Crippen LogP contribution in [0.15, 0.2) is 0 Å². The van der Waals surface area contributed by atoms with Gasteiger partial charge in [-0.2, -0.15) is 13.2 Å². The van der Waals surface area contributed by atoms with Crippen molar-refractivity contribution in [2.24, 2.45) is 5.73 Å². The number of fused-ring (bicyclic) bond motifs is 1. The van der Waals surface area contributed by atoms with Crippen LogP contribution in [0.2, 0.25) is 0 Å². The fourth-order valence-corrected chi connectivity index (χ4v) is 2.79. The van der Waals surface area contributed by atoms with E-state index in [1.165, 1.54) is 11.5 Å². The first kappa shape index (κ1) is 17.0. The van der Waals surface area contributed by atoms with E-state index in [0.29, 0.717) is 25.1 Å². The first-order chi connectivity index (χ1) is 10.6. The molecule has 3 N–H and O–H groups in total. The summed E-state index contributed by atoms with van der Waals surface area (Å²) >= 11 is 0. The van der Waals surface area contributed by atoms with Gasteiger partial charge >= 0.3 is 6.18 Å². The number of hydrogen-bond acceptors (Lipinski definition) is 3. The Morgan fingerprint density at radius 3 is 2.43 bits per heavy atom. The number of ketones is 1. The van der Waals surface area contributed by atoms with Gasteiger partial charge in [-0.25, -0.2) is 0 Å². The lowest BCUT2D eigenvalue weighted by atomic mass is 10.0. The van der Waals surface area contributed by atoms with Gasteiger partial charge in [0.05, 0.1) is 11.3 Å². The topological polar surface area (TPSA) is 94.2 Å². The lowest BCUT2D eigenvalue weighted by Gasteiger charge is -2.17. The number of alkyl halides is 3. The summed E-state index contributed by atoms with van der Waals surface area (Å²) in [5, 5.41) is 1.63. The van der Waals surface area contributed by atoms with Crippen molar-refractivity contribution in [2.75, 3.05) is 0 Å². The number of nitrogens with one attached hydrogen (secondary N) is 1. The molecule has 0 aromatic carbocycles. The van der Waals surface area contributed by atoms with Gasteiger partial charge in [0.15, 0.2) is 0 Å². The summed E-state index contributed by atoms with van der Waals surface area (Å²) < 4.78 is 39.0. The highest BCUT2D eigenvalue weighted by Crippen LogP contribution is 2.29. The molecule has 0 unspecified atom stereocenters. The van der Waals surface area contributed by atoms with Gasteiger partial charge in [-0.15, -0.1) is 0 Å². The van der Waals surface area contributed by atoms with Gasteiger partial charge < -0.3 is 15.6 Å². The Morgan fingerprint density at radius 2 is 1.91 bits per heavy atom. The SMILES string of the molecule is Cc1c(C(N)=O)c2n(c1C(=O)C(=O)N[C@@H](C)C(F)(F)F)CCC2. The van der Waals surface area contributed by atoms with E-state index in [1.54, 1.807) is 5.32 Å². The summed E-state index contributed by atoms with van der Waals surface area (Å²) in [6.45, 7) is 2.61. The second kappa shape index (κ2) is 5.71. The molecule has 1 aliphatic heterocycles. The second-order valence-electron chi connectivity index (χ2n) is 5.48. The average molecular weight is 331 g/mol. The number of carbonyl (C=O) groups excluding carboxylic acids is 3. The Balaban J connectivity index is 2.36. The first-order valence-corrected chi connectivity index (χ1v) is 6.99. The minimum atomic E-state index is -4.65. The molecule has 126 valence electrons. The van der Waals surface area contributed by atoms with Crippen molar-refractivity contribution in [2.45, 2.75) is 45.5 Å². The molecular weight excluding hydrogens is 315 g/mol. The number of rotatable bonds is 4. The monoisotopic (exact) mass is 331 g/mol. The number of aromatic nitrogens is 1.